The van der Waals surface area contributed by atoms with E-state index < -0.39 is 6.09 Å². The number of likely N-dealkylation sites (N-methyl/N-ethyl adjacent to an activating group) is 1. The lowest BCUT2D eigenvalue weighted by Crippen LogP contribution is -2.33. The molecule has 2 N–H and O–H groups in total. The van der Waals surface area contributed by atoms with Crippen LogP contribution in [0.4, 0.5) is 22.2 Å². The van der Waals surface area contributed by atoms with Crippen molar-refractivity contribution < 1.29 is 19.4 Å². The van der Waals surface area contributed by atoms with Gasteiger partial charge in [0.15, 0.2) is 0 Å². The minimum Gasteiger partial charge on any atom is -0.485 e. The van der Waals surface area contributed by atoms with E-state index in [1.54, 1.807) is 29.5 Å². The maximum absolute atomic E-state index is 13.5. The fourth-order valence-corrected chi connectivity index (χ4v) is 4.73. The van der Waals surface area contributed by atoms with E-state index in [2.05, 4.69) is 15.3 Å². The van der Waals surface area contributed by atoms with Crippen molar-refractivity contribution in [3.8, 4) is 5.75 Å². The number of carbonyl (C=O) groups is 2. The number of rotatable bonds is 9. The van der Waals surface area contributed by atoms with Crippen LogP contribution in [0.2, 0.25) is 0 Å². The number of amides is 2. The highest BCUT2D eigenvalue weighted by molar-refractivity contribution is 7.10. The van der Waals surface area contributed by atoms with Gasteiger partial charge in [-0.05, 0) is 30.5 Å². The SMILES string of the molecule is CCNc1ncc2c(n1)N(C)CCN(c1cccc(OC(CCN(C)C(=O)O)c3cccs3)c1)C2=O. The Morgan fingerprint density at radius 1 is 1.31 bits per heavy atom. The lowest BCUT2D eigenvalue weighted by molar-refractivity contribution is 0.0989. The number of nitrogens with zero attached hydrogens (tertiary/aromatic N) is 5. The van der Waals surface area contributed by atoms with Gasteiger partial charge in [0.1, 0.15) is 23.2 Å². The summed E-state index contributed by atoms with van der Waals surface area (Å²) in [5.74, 6) is 1.52. The molecule has 1 aromatic carbocycles. The Balaban J connectivity index is 1.57. The van der Waals surface area contributed by atoms with Crippen LogP contribution < -0.4 is 19.9 Å². The van der Waals surface area contributed by atoms with Gasteiger partial charge in [-0.2, -0.15) is 4.98 Å². The zero-order valence-electron chi connectivity index (χ0n) is 20.5. The van der Waals surface area contributed by atoms with Crippen LogP contribution in [0.1, 0.15) is 34.7 Å². The molecule has 10 nitrogen and oxygen atoms in total. The predicted molar refractivity (Wildman–Crippen MR) is 141 cm³/mol. The fraction of sp³-hybridized carbons (Fsp3) is 0.360. The van der Waals surface area contributed by atoms with Crippen molar-refractivity contribution in [2.45, 2.75) is 19.4 Å². The number of hydrogen-bond donors (Lipinski definition) is 2. The highest BCUT2D eigenvalue weighted by Crippen LogP contribution is 2.32. The molecule has 1 atom stereocenters. The minimum absolute atomic E-state index is 0.174. The van der Waals surface area contributed by atoms with E-state index in [4.69, 9.17) is 4.74 Å². The molecule has 1 unspecified atom stereocenters. The van der Waals surface area contributed by atoms with E-state index >= 15 is 0 Å². The summed E-state index contributed by atoms with van der Waals surface area (Å²) in [5.41, 5.74) is 1.15. The topological polar surface area (TPSA) is 111 Å². The normalized spacial score (nSPS) is 14.1. The van der Waals surface area contributed by atoms with Crippen molar-refractivity contribution in [3.05, 3.63) is 58.4 Å². The van der Waals surface area contributed by atoms with Gasteiger partial charge in [-0.15, -0.1) is 11.3 Å². The molecule has 0 saturated carbocycles. The van der Waals surface area contributed by atoms with Crippen LogP contribution in [0.3, 0.4) is 0 Å². The van der Waals surface area contributed by atoms with Gasteiger partial charge >= 0.3 is 6.09 Å². The molecule has 1 aliphatic heterocycles. The minimum atomic E-state index is -0.978. The first-order valence-corrected chi connectivity index (χ1v) is 12.6. The molecule has 0 bridgehead atoms. The van der Waals surface area contributed by atoms with Gasteiger partial charge in [0.2, 0.25) is 5.95 Å². The molecule has 0 aliphatic carbocycles. The highest BCUT2D eigenvalue weighted by atomic mass is 32.1. The summed E-state index contributed by atoms with van der Waals surface area (Å²) in [7, 11) is 3.46. The van der Waals surface area contributed by atoms with E-state index in [1.165, 1.54) is 4.90 Å². The molecule has 2 aromatic heterocycles. The van der Waals surface area contributed by atoms with Crippen LogP contribution in [0, 0.1) is 0 Å². The number of aromatic nitrogens is 2. The lowest BCUT2D eigenvalue weighted by Gasteiger charge is -2.24. The van der Waals surface area contributed by atoms with Crippen LogP contribution in [0.25, 0.3) is 0 Å². The molecule has 0 spiro atoms. The number of hydrogen-bond acceptors (Lipinski definition) is 8. The number of benzene rings is 1. The van der Waals surface area contributed by atoms with Crippen molar-refractivity contribution in [1.82, 2.24) is 14.9 Å². The number of ether oxygens (including phenoxy) is 1. The molecule has 4 rings (SSSR count). The average molecular weight is 511 g/mol. The highest BCUT2D eigenvalue weighted by Gasteiger charge is 2.28. The Morgan fingerprint density at radius 3 is 2.86 bits per heavy atom. The maximum atomic E-state index is 13.5. The first-order valence-electron chi connectivity index (χ1n) is 11.8. The molecular formula is C25H30N6O4S. The molecule has 36 heavy (non-hydrogen) atoms. The second-order valence-corrected chi connectivity index (χ2v) is 9.43. The number of fused-ring (bicyclic) bond motifs is 1. The summed E-state index contributed by atoms with van der Waals surface area (Å²) in [4.78, 5) is 39.5. The van der Waals surface area contributed by atoms with Gasteiger partial charge in [-0.3, -0.25) is 4.79 Å². The molecule has 0 fully saturated rings. The average Bonchev–Trinajstić information content (AvgIpc) is 3.37. The van der Waals surface area contributed by atoms with E-state index in [9.17, 15) is 14.7 Å². The molecule has 11 heteroatoms. The van der Waals surface area contributed by atoms with Gasteiger partial charge in [-0.1, -0.05) is 12.1 Å². The second-order valence-electron chi connectivity index (χ2n) is 8.45. The third-order valence-electron chi connectivity index (χ3n) is 5.92. The first-order chi connectivity index (χ1) is 17.4. The first kappa shape index (κ1) is 25.2. The molecule has 0 saturated heterocycles. The van der Waals surface area contributed by atoms with Crippen LogP contribution in [-0.4, -0.2) is 72.2 Å². The van der Waals surface area contributed by atoms with Crippen LogP contribution >= 0.6 is 11.3 Å². The fourth-order valence-electron chi connectivity index (χ4n) is 3.94. The van der Waals surface area contributed by atoms with Crippen molar-refractivity contribution >= 4 is 40.8 Å². The molecule has 1 aliphatic rings. The van der Waals surface area contributed by atoms with E-state index in [0.717, 1.165) is 4.88 Å². The standard InChI is InChI=1S/C25H30N6O4S/c1-4-26-24-27-16-19-22(28-24)29(2)12-13-31(23(19)32)17-7-5-8-18(15-17)35-20(21-9-6-14-36-21)10-11-30(3)25(33)34/h5-9,14-16,20H,4,10-13H2,1-3H3,(H,33,34)(H,26,27,28). The summed E-state index contributed by atoms with van der Waals surface area (Å²) in [6.07, 6.45) is 0.781. The van der Waals surface area contributed by atoms with Crippen LogP contribution in [0.15, 0.2) is 48.0 Å². The van der Waals surface area contributed by atoms with E-state index in [-0.39, 0.29) is 12.0 Å². The lowest BCUT2D eigenvalue weighted by atomic mass is 10.2. The number of anilines is 3. The van der Waals surface area contributed by atoms with Gasteiger partial charge < -0.3 is 29.9 Å². The summed E-state index contributed by atoms with van der Waals surface area (Å²) >= 11 is 1.56. The third-order valence-corrected chi connectivity index (χ3v) is 6.89. The Hall–Kier alpha value is -3.86. The van der Waals surface area contributed by atoms with E-state index in [1.807, 2.05) is 60.6 Å². The second kappa shape index (κ2) is 11.3. The van der Waals surface area contributed by atoms with Crippen LogP contribution in [-0.2, 0) is 0 Å². The Kier molecular flexibility index (Phi) is 7.89. The summed E-state index contributed by atoms with van der Waals surface area (Å²) < 4.78 is 6.33. The predicted octanol–water partition coefficient (Wildman–Crippen LogP) is 4.19. The molecule has 3 aromatic rings. The molecule has 2 amide bonds. The van der Waals surface area contributed by atoms with Crippen molar-refractivity contribution in [1.29, 1.82) is 0 Å². The molecule has 3 heterocycles. The largest absolute Gasteiger partial charge is 0.485 e. The molecule has 190 valence electrons. The van der Waals surface area contributed by atoms with Gasteiger partial charge in [0.25, 0.3) is 5.91 Å². The Bertz CT molecular complexity index is 1210. The molecular weight excluding hydrogens is 480 g/mol. The van der Waals surface area contributed by atoms with Crippen molar-refractivity contribution in [2.75, 3.05) is 55.4 Å². The summed E-state index contributed by atoms with van der Waals surface area (Å²) in [6, 6.07) is 11.3. The molecule has 0 radical (unpaired) electrons. The Labute approximate surface area is 214 Å². The van der Waals surface area contributed by atoms with Gasteiger partial charge in [0.05, 0.1) is 0 Å². The van der Waals surface area contributed by atoms with Gasteiger partial charge in [-0.25, -0.2) is 9.78 Å². The number of carboxylic acid groups (broad SMARTS) is 1. The van der Waals surface area contributed by atoms with Crippen molar-refractivity contribution in [2.24, 2.45) is 0 Å². The number of carbonyl (C=O) groups excluding carboxylic acids is 1. The zero-order chi connectivity index (χ0) is 25.7. The quantitative estimate of drug-likeness (QED) is 0.441. The van der Waals surface area contributed by atoms with E-state index in [0.29, 0.717) is 61.4 Å². The number of nitrogens with one attached hydrogen (secondary N) is 1. The Morgan fingerprint density at radius 2 is 2.14 bits per heavy atom. The van der Waals surface area contributed by atoms with Gasteiger partial charge in [0, 0.05) is 69.5 Å². The summed E-state index contributed by atoms with van der Waals surface area (Å²) in [5, 5.41) is 14.3. The summed E-state index contributed by atoms with van der Waals surface area (Å²) in [6.45, 7) is 4.07. The third kappa shape index (κ3) is 5.68. The van der Waals surface area contributed by atoms with Crippen molar-refractivity contribution in [3.63, 3.8) is 0 Å². The number of thiophene rings is 1. The smallest absolute Gasteiger partial charge is 0.407 e. The zero-order valence-corrected chi connectivity index (χ0v) is 21.4. The maximum Gasteiger partial charge on any atom is 0.407 e. The van der Waals surface area contributed by atoms with Crippen LogP contribution in [0.5, 0.6) is 5.75 Å². The monoisotopic (exact) mass is 510 g/mol.